The molecule has 0 fully saturated rings. The van der Waals surface area contributed by atoms with Gasteiger partial charge in [-0.05, 0) is 38.1 Å². The van der Waals surface area contributed by atoms with E-state index in [0.717, 1.165) is 22.5 Å². The summed E-state index contributed by atoms with van der Waals surface area (Å²) in [5.41, 5.74) is 4.09. The quantitative estimate of drug-likeness (QED) is 0.260. The van der Waals surface area contributed by atoms with Crippen molar-refractivity contribution >= 4 is 13.3 Å². The minimum absolute atomic E-state index is 0.262. The van der Waals surface area contributed by atoms with E-state index in [-0.39, 0.29) is 13.2 Å². The van der Waals surface area contributed by atoms with E-state index >= 15 is 0 Å². The predicted octanol–water partition coefficient (Wildman–Crippen LogP) is 6.92. The monoisotopic (exact) mass is 461 g/mol. The fourth-order valence-electron chi connectivity index (χ4n) is 3.69. The average Bonchev–Trinajstić information content (AvgIpc) is 3.30. The highest BCUT2D eigenvalue weighted by atomic mass is 31.2. The summed E-state index contributed by atoms with van der Waals surface area (Å²) in [7, 11) is -3.61. The second kappa shape index (κ2) is 10.6. The van der Waals surface area contributed by atoms with E-state index < -0.39 is 13.4 Å². The van der Waals surface area contributed by atoms with Gasteiger partial charge in [0.25, 0.3) is 0 Å². The molecule has 4 aromatic rings. The normalized spacial score (nSPS) is 12.4. The van der Waals surface area contributed by atoms with Gasteiger partial charge in [0.05, 0.1) is 24.6 Å². The zero-order valence-electron chi connectivity index (χ0n) is 18.8. The van der Waals surface area contributed by atoms with Crippen LogP contribution in [-0.4, -0.2) is 23.0 Å². The summed E-state index contributed by atoms with van der Waals surface area (Å²) < 4.78 is 27.5. The molecule has 0 aliphatic rings. The van der Waals surface area contributed by atoms with Crippen molar-refractivity contribution in [2.75, 3.05) is 18.5 Å². The molecule has 0 saturated heterocycles. The lowest BCUT2D eigenvalue weighted by Crippen LogP contribution is -2.15. The summed E-state index contributed by atoms with van der Waals surface area (Å²) in [5, 5.41) is 8.31. The molecule has 0 amide bonds. The third-order valence-corrected chi connectivity index (χ3v) is 7.39. The number of aromatic nitrogens is 2. The Labute approximate surface area is 194 Å². The smallest absolute Gasteiger partial charge is 0.357 e. The first-order chi connectivity index (χ1) is 16.1. The first kappa shape index (κ1) is 23.0. The Morgan fingerprint density at radius 1 is 0.848 bits per heavy atom. The molecule has 1 unspecified atom stereocenters. The molecule has 0 spiro atoms. The zero-order valence-corrected chi connectivity index (χ0v) is 19.7. The molecule has 1 atom stereocenters. The maximum Gasteiger partial charge on any atom is 0.357 e. The molecule has 7 heteroatoms. The number of anilines is 1. The minimum atomic E-state index is -3.61. The van der Waals surface area contributed by atoms with Crippen LogP contribution in [0, 0.1) is 0 Å². The molecule has 1 heterocycles. The second-order valence-electron chi connectivity index (χ2n) is 7.37. The summed E-state index contributed by atoms with van der Waals surface area (Å²) >= 11 is 0. The van der Waals surface area contributed by atoms with Crippen LogP contribution in [0.5, 0.6) is 0 Å². The van der Waals surface area contributed by atoms with E-state index in [1.165, 1.54) is 0 Å². The van der Waals surface area contributed by atoms with Gasteiger partial charge in [-0.2, -0.15) is 5.10 Å². The van der Waals surface area contributed by atoms with E-state index in [1.54, 1.807) is 4.68 Å². The maximum absolute atomic E-state index is 14.1. The molecule has 1 aromatic heterocycles. The van der Waals surface area contributed by atoms with E-state index in [1.807, 2.05) is 111 Å². The zero-order chi connectivity index (χ0) is 23.1. The van der Waals surface area contributed by atoms with Crippen LogP contribution in [0.1, 0.15) is 25.2 Å². The van der Waals surface area contributed by atoms with Crippen LogP contribution in [0.2, 0.25) is 0 Å². The van der Waals surface area contributed by atoms with Crippen molar-refractivity contribution in [3.63, 3.8) is 0 Å². The topological polar surface area (TPSA) is 65.4 Å². The largest absolute Gasteiger partial charge is 0.368 e. The van der Waals surface area contributed by atoms with Crippen LogP contribution in [0.25, 0.3) is 16.9 Å². The highest BCUT2D eigenvalue weighted by molar-refractivity contribution is 7.54. The molecule has 6 nitrogen and oxygen atoms in total. The van der Waals surface area contributed by atoms with E-state index in [9.17, 15) is 4.57 Å². The van der Waals surface area contributed by atoms with Crippen LogP contribution in [-0.2, 0) is 13.6 Å². The first-order valence-electron chi connectivity index (χ1n) is 11.1. The Morgan fingerprint density at radius 3 is 1.97 bits per heavy atom. The Bertz CT molecular complexity index is 1190. The maximum atomic E-state index is 14.1. The summed E-state index contributed by atoms with van der Waals surface area (Å²) in [5.74, 6) is -0.757. The summed E-state index contributed by atoms with van der Waals surface area (Å²) in [6.45, 7) is 4.16. The van der Waals surface area contributed by atoms with Gasteiger partial charge in [0.15, 0.2) is 5.78 Å². The van der Waals surface area contributed by atoms with E-state index in [2.05, 4.69) is 5.32 Å². The molecule has 0 radical (unpaired) electrons. The molecule has 1 N–H and O–H groups in total. The summed E-state index contributed by atoms with van der Waals surface area (Å²) in [6.07, 6.45) is 1.91. The lowest BCUT2D eigenvalue weighted by molar-refractivity contribution is 0.214. The molecule has 0 aliphatic heterocycles. The number of para-hydroxylation sites is 2. The van der Waals surface area contributed by atoms with Crippen molar-refractivity contribution in [1.29, 1.82) is 0 Å². The highest BCUT2D eigenvalue weighted by Gasteiger charge is 2.40. The van der Waals surface area contributed by atoms with Crippen molar-refractivity contribution in [2.24, 2.45) is 0 Å². The van der Waals surface area contributed by atoms with Gasteiger partial charge in [0.2, 0.25) is 0 Å². The number of hydrogen-bond donors (Lipinski definition) is 1. The number of hydrogen-bond acceptors (Lipinski definition) is 5. The predicted molar refractivity (Wildman–Crippen MR) is 133 cm³/mol. The van der Waals surface area contributed by atoms with Gasteiger partial charge < -0.3 is 14.4 Å². The SMILES string of the molecule is CCOP(=O)(OCC)C(Nc1ccccc1)c1cn(-c2ccccc2)nc1-c1ccccc1. The molecule has 0 bridgehead atoms. The van der Waals surface area contributed by atoms with Crippen LogP contribution in [0.3, 0.4) is 0 Å². The van der Waals surface area contributed by atoms with Crippen LogP contribution in [0.15, 0.2) is 97.2 Å². The Hall–Kier alpha value is -3.18. The number of nitrogens with one attached hydrogen (secondary N) is 1. The van der Waals surface area contributed by atoms with Gasteiger partial charge in [0.1, 0.15) is 0 Å². The lowest BCUT2D eigenvalue weighted by Gasteiger charge is -2.28. The number of benzene rings is 3. The Kier molecular flexibility index (Phi) is 7.40. The Balaban J connectivity index is 1.91. The van der Waals surface area contributed by atoms with Gasteiger partial charge in [-0.15, -0.1) is 0 Å². The molecule has 0 saturated carbocycles. The van der Waals surface area contributed by atoms with Gasteiger partial charge in [-0.25, -0.2) is 4.68 Å². The number of rotatable bonds is 10. The third kappa shape index (κ3) is 5.25. The first-order valence-corrected chi connectivity index (χ1v) is 12.7. The van der Waals surface area contributed by atoms with Gasteiger partial charge in [-0.3, -0.25) is 4.57 Å². The number of nitrogens with zero attached hydrogens (tertiary/aromatic N) is 2. The fourth-order valence-corrected chi connectivity index (χ4v) is 5.62. The average molecular weight is 462 g/mol. The van der Waals surface area contributed by atoms with E-state index in [0.29, 0.717) is 5.69 Å². The fraction of sp³-hybridized carbons (Fsp3) is 0.192. The molecular formula is C26H28N3O3P. The minimum Gasteiger partial charge on any atom is -0.368 e. The van der Waals surface area contributed by atoms with Crippen molar-refractivity contribution < 1.29 is 13.6 Å². The van der Waals surface area contributed by atoms with Crippen molar-refractivity contribution in [1.82, 2.24) is 9.78 Å². The highest BCUT2D eigenvalue weighted by Crippen LogP contribution is 2.61. The van der Waals surface area contributed by atoms with Crippen molar-refractivity contribution in [3.8, 4) is 16.9 Å². The molecule has 3 aromatic carbocycles. The van der Waals surface area contributed by atoms with Gasteiger partial charge >= 0.3 is 7.60 Å². The molecule has 4 rings (SSSR count). The van der Waals surface area contributed by atoms with Gasteiger partial charge in [0, 0.05) is 23.0 Å². The summed E-state index contributed by atoms with van der Waals surface area (Å²) in [4.78, 5) is 0. The van der Waals surface area contributed by atoms with Crippen molar-refractivity contribution in [3.05, 3.63) is 103 Å². The van der Waals surface area contributed by atoms with Crippen LogP contribution < -0.4 is 5.32 Å². The van der Waals surface area contributed by atoms with Crippen LogP contribution in [0.4, 0.5) is 5.69 Å². The van der Waals surface area contributed by atoms with Crippen LogP contribution >= 0.6 is 7.60 Å². The molecule has 33 heavy (non-hydrogen) atoms. The molecule has 170 valence electrons. The lowest BCUT2D eigenvalue weighted by atomic mass is 10.1. The van der Waals surface area contributed by atoms with Crippen molar-refractivity contribution in [2.45, 2.75) is 19.6 Å². The molecule has 0 aliphatic carbocycles. The third-order valence-electron chi connectivity index (χ3n) is 5.12. The summed E-state index contributed by atoms with van der Waals surface area (Å²) in [6, 6.07) is 29.4. The second-order valence-corrected chi connectivity index (χ2v) is 9.48. The molecular weight excluding hydrogens is 433 g/mol. The van der Waals surface area contributed by atoms with E-state index in [4.69, 9.17) is 14.1 Å². The Morgan fingerprint density at radius 2 is 1.39 bits per heavy atom. The van der Waals surface area contributed by atoms with Gasteiger partial charge in [-0.1, -0.05) is 66.7 Å². The standard InChI is InChI=1S/C26H28N3O3P/c1-3-31-33(30,32-4-2)26(27-22-16-10-6-11-17-22)24-20-29(23-18-12-7-13-19-23)28-25(24)21-14-8-5-9-15-21/h5-20,26-27H,3-4H2,1-2H3.